The number of anilines is 1. The first-order valence-corrected chi connectivity index (χ1v) is 10.0. The molecule has 1 saturated heterocycles. The number of piperazine rings is 1. The van der Waals surface area contributed by atoms with Crippen LogP contribution in [-0.2, 0) is 9.59 Å². The van der Waals surface area contributed by atoms with Gasteiger partial charge in [0.25, 0.3) is 0 Å². The van der Waals surface area contributed by atoms with E-state index in [1.807, 2.05) is 36.9 Å². The first kappa shape index (κ1) is 24.7. The number of benzene rings is 1. The molecule has 0 bridgehead atoms. The fraction of sp³-hybridized carbons (Fsp3) is 0.526. The molecular formula is C19H29BrIN5O2. The molecule has 0 saturated carbocycles. The highest BCUT2D eigenvalue weighted by Gasteiger charge is 2.20. The third-order valence-electron chi connectivity index (χ3n) is 4.42. The van der Waals surface area contributed by atoms with Gasteiger partial charge in [-0.05, 0) is 37.6 Å². The summed E-state index contributed by atoms with van der Waals surface area (Å²) in [7, 11) is 0. The lowest BCUT2D eigenvalue weighted by Gasteiger charge is -2.36. The van der Waals surface area contributed by atoms with Crippen molar-refractivity contribution in [1.82, 2.24) is 15.1 Å². The van der Waals surface area contributed by atoms with Crippen molar-refractivity contribution in [2.75, 3.05) is 44.6 Å². The largest absolute Gasteiger partial charge is 0.357 e. The molecule has 9 heteroatoms. The summed E-state index contributed by atoms with van der Waals surface area (Å²) in [5.74, 6) is 0.853. The Morgan fingerprint density at radius 3 is 2.39 bits per heavy atom. The van der Waals surface area contributed by atoms with E-state index >= 15 is 0 Å². The lowest BCUT2D eigenvalue weighted by atomic mass is 10.2. The molecule has 1 aromatic rings. The van der Waals surface area contributed by atoms with Crippen molar-refractivity contribution < 1.29 is 9.59 Å². The molecular weight excluding hydrogens is 537 g/mol. The molecule has 156 valence electrons. The SMILES string of the molecule is CCNC(=NCCC(=O)Nc1ccc(Br)cc1C)N1CCN(C(C)=O)CC1.I. The van der Waals surface area contributed by atoms with Gasteiger partial charge in [-0.2, -0.15) is 0 Å². The zero-order valence-corrected chi connectivity index (χ0v) is 20.5. The Bertz CT molecular complexity index is 706. The van der Waals surface area contributed by atoms with Crippen LogP contribution < -0.4 is 10.6 Å². The number of nitrogens with zero attached hydrogens (tertiary/aromatic N) is 3. The predicted molar refractivity (Wildman–Crippen MR) is 127 cm³/mol. The minimum atomic E-state index is -0.0542. The average molecular weight is 566 g/mol. The molecule has 2 N–H and O–H groups in total. The Labute approximate surface area is 192 Å². The standard InChI is InChI=1S/C19H28BrN5O2.HI/c1-4-21-19(25-11-9-24(10-12-25)15(3)26)22-8-7-18(27)23-17-6-5-16(20)13-14(17)2;/h5-6,13H,4,7-12H2,1-3H3,(H,21,22)(H,23,27);1H. The highest BCUT2D eigenvalue weighted by Crippen LogP contribution is 2.20. The Balaban J connectivity index is 0.00000392. The van der Waals surface area contributed by atoms with Gasteiger partial charge in [0.05, 0.1) is 6.54 Å². The van der Waals surface area contributed by atoms with Crippen LogP contribution in [0.2, 0.25) is 0 Å². The number of hydrogen-bond acceptors (Lipinski definition) is 3. The average Bonchev–Trinajstić information content (AvgIpc) is 2.63. The van der Waals surface area contributed by atoms with Crippen molar-refractivity contribution >= 4 is 63.4 Å². The number of amides is 2. The van der Waals surface area contributed by atoms with E-state index in [4.69, 9.17) is 0 Å². The van der Waals surface area contributed by atoms with Crippen molar-refractivity contribution in [3.05, 3.63) is 28.2 Å². The first-order valence-electron chi connectivity index (χ1n) is 9.25. The molecule has 0 aromatic heterocycles. The lowest BCUT2D eigenvalue weighted by molar-refractivity contribution is -0.130. The van der Waals surface area contributed by atoms with E-state index in [-0.39, 0.29) is 35.8 Å². The number of halogens is 2. The molecule has 1 aliphatic rings. The number of carbonyl (C=O) groups excluding carboxylic acids is 2. The van der Waals surface area contributed by atoms with Crippen molar-refractivity contribution in [1.29, 1.82) is 0 Å². The summed E-state index contributed by atoms with van der Waals surface area (Å²) < 4.78 is 0.989. The number of aliphatic imine (C=N–C) groups is 1. The summed E-state index contributed by atoms with van der Waals surface area (Å²) in [6, 6.07) is 5.77. The quantitative estimate of drug-likeness (QED) is 0.327. The normalized spacial score (nSPS) is 14.4. The van der Waals surface area contributed by atoms with E-state index in [9.17, 15) is 9.59 Å². The van der Waals surface area contributed by atoms with Crippen molar-refractivity contribution in [2.45, 2.75) is 27.2 Å². The van der Waals surface area contributed by atoms with Gasteiger partial charge in [-0.15, -0.1) is 24.0 Å². The number of hydrogen-bond donors (Lipinski definition) is 2. The van der Waals surface area contributed by atoms with E-state index in [0.717, 1.165) is 41.3 Å². The van der Waals surface area contributed by atoms with Crippen molar-refractivity contribution in [3.63, 3.8) is 0 Å². The lowest BCUT2D eigenvalue weighted by Crippen LogP contribution is -2.53. The number of rotatable bonds is 5. The van der Waals surface area contributed by atoms with Crippen LogP contribution in [0.15, 0.2) is 27.7 Å². The van der Waals surface area contributed by atoms with Gasteiger partial charge in [0, 0.05) is 56.2 Å². The van der Waals surface area contributed by atoms with Crippen molar-refractivity contribution in [3.8, 4) is 0 Å². The van der Waals surface area contributed by atoms with Crippen LogP contribution in [0.5, 0.6) is 0 Å². The van der Waals surface area contributed by atoms with Gasteiger partial charge < -0.3 is 20.4 Å². The Kier molecular flexibility index (Phi) is 10.8. The fourth-order valence-electron chi connectivity index (χ4n) is 2.90. The van der Waals surface area contributed by atoms with Crippen LogP contribution in [-0.4, -0.2) is 66.8 Å². The number of guanidine groups is 1. The van der Waals surface area contributed by atoms with Crippen LogP contribution in [0.25, 0.3) is 0 Å². The van der Waals surface area contributed by atoms with Gasteiger partial charge in [-0.1, -0.05) is 15.9 Å². The second-order valence-electron chi connectivity index (χ2n) is 6.49. The smallest absolute Gasteiger partial charge is 0.226 e. The monoisotopic (exact) mass is 565 g/mol. The second kappa shape index (κ2) is 12.3. The third kappa shape index (κ3) is 7.57. The van der Waals surface area contributed by atoms with E-state index in [1.165, 1.54) is 0 Å². The number of carbonyl (C=O) groups is 2. The van der Waals surface area contributed by atoms with Crippen LogP contribution in [0, 0.1) is 6.92 Å². The molecule has 0 aliphatic carbocycles. The van der Waals surface area contributed by atoms with Gasteiger partial charge in [-0.3, -0.25) is 14.6 Å². The van der Waals surface area contributed by atoms with Crippen LogP contribution in [0.4, 0.5) is 5.69 Å². The van der Waals surface area contributed by atoms with Gasteiger partial charge in [0.1, 0.15) is 0 Å². The maximum atomic E-state index is 12.2. The van der Waals surface area contributed by atoms with E-state index in [0.29, 0.717) is 26.1 Å². The maximum absolute atomic E-state index is 12.2. The fourth-order valence-corrected chi connectivity index (χ4v) is 3.38. The molecule has 0 radical (unpaired) electrons. The molecule has 1 aliphatic heterocycles. The summed E-state index contributed by atoms with van der Waals surface area (Å²) in [6.45, 7) is 9.64. The highest BCUT2D eigenvalue weighted by atomic mass is 127. The van der Waals surface area contributed by atoms with Gasteiger partial charge in [0.2, 0.25) is 11.8 Å². The molecule has 0 atom stereocenters. The predicted octanol–water partition coefficient (Wildman–Crippen LogP) is 2.83. The summed E-state index contributed by atoms with van der Waals surface area (Å²) in [5, 5.41) is 6.20. The molecule has 2 amide bonds. The zero-order valence-electron chi connectivity index (χ0n) is 16.6. The van der Waals surface area contributed by atoms with E-state index in [2.05, 4.69) is 36.5 Å². The van der Waals surface area contributed by atoms with Crippen LogP contribution >= 0.6 is 39.9 Å². The Hall–Kier alpha value is -1.36. The maximum Gasteiger partial charge on any atom is 0.226 e. The molecule has 28 heavy (non-hydrogen) atoms. The van der Waals surface area contributed by atoms with Gasteiger partial charge in [0.15, 0.2) is 5.96 Å². The molecule has 2 rings (SSSR count). The molecule has 1 aromatic carbocycles. The number of aryl methyl sites for hydroxylation is 1. The van der Waals surface area contributed by atoms with Crippen molar-refractivity contribution in [2.24, 2.45) is 4.99 Å². The molecule has 0 unspecified atom stereocenters. The van der Waals surface area contributed by atoms with Gasteiger partial charge in [-0.25, -0.2) is 0 Å². The summed E-state index contributed by atoms with van der Waals surface area (Å²) >= 11 is 3.42. The van der Waals surface area contributed by atoms with Crippen LogP contribution in [0.1, 0.15) is 25.8 Å². The minimum Gasteiger partial charge on any atom is -0.357 e. The molecule has 1 fully saturated rings. The molecule has 7 nitrogen and oxygen atoms in total. The topological polar surface area (TPSA) is 77.0 Å². The third-order valence-corrected chi connectivity index (χ3v) is 4.92. The summed E-state index contributed by atoms with van der Waals surface area (Å²) in [6.07, 6.45) is 0.317. The van der Waals surface area contributed by atoms with Gasteiger partial charge >= 0.3 is 0 Å². The first-order chi connectivity index (χ1) is 12.9. The summed E-state index contributed by atoms with van der Waals surface area (Å²) in [4.78, 5) is 32.2. The molecule has 1 heterocycles. The zero-order chi connectivity index (χ0) is 19.8. The van der Waals surface area contributed by atoms with Crippen LogP contribution in [0.3, 0.4) is 0 Å². The molecule has 0 spiro atoms. The highest BCUT2D eigenvalue weighted by molar-refractivity contribution is 14.0. The Morgan fingerprint density at radius 1 is 1.18 bits per heavy atom. The number of nitrogens with one attached hydrogen (secondary N) is 2. The van der Waals surface area contributed by atoms with E-state index in [1.54, 1.807) is 6.92 Å². The minimum absolute atomic E-state index is 0. The summed E-state index contributed by atoms with van der Waals surface area (Å²) in [5.41, 5.74) is 1.83. The second-order valence-corrected chi connectivity index (χ2v) is 7.40. The Morgan fingerprint density at radius 2 is 1.82 bits per heavy atom. The van der Waals surface area contributed by atoms with E-state index < -0.39 is 0 Å².